The standard InChI is InChI=1S/C19H25ClN2O3/c1-12-8-16(17(25-2)10-15(12)20)21-19(24)13-9-18(23)22(11-13)14-6-4-3-5-7-14/h8,10,13-14H,3-7,9,11H2,1-2H3,(H,21,24). The number of nitrogens with zero attached hydrogens (tertiary/aromatic N) is 1. The molecule has 136 valence electrons. The van der Waals surface area contributed by atoms with E-state index in [1.54, 1.807) is 19.2 Å². The second-order valence-electron chi connectivity index (χ2n) is 7.03. The molecule has 1 aliphatic carbocycles. The number of aryl methyl sites for hydroxylation is 1. The van der Waals surface area contributed by atoms with E-state index in [1.165, 1.54) is 19.3 Å². The zero-order valence-electron chi connectivity index (χ0n) is 14.8. The molecule has 1 aromatic rings. The van der Waals surface area contributed by atoms with E-state index >= 15 is 0 Å². The lowest BCUT2D eigenvalue weighted by atomic mass is 9.94. The second-order valence-corrected chi connectivity index (χ2v) is 7.44. The zero-order chi connectivity index (χ0) is 18.0. The lowest BCUT2D eigenvalue weighted by Crippen LogP contribution is -2.38. The number of rotatable bonds is 4. The lowest BCUT2D eigenvalue weighted by molar-refractivity contribution is -0.130. The molecule has 25 heavy (non-hydrogen) atoms. The minimum Gasteiger partial charge on any atom is -0.495 e. The van der Waals surface area contributed by atoms with Crippen LogP contribution in [0.3, 0.4) is 0 Å². The number of halogens is 1. The van der Waals surface area contributed by atoms with Gasteiger partial charge in [0.05, 0.1) is 18.7 Å². The van der Waals surface area contributed by atoms with Crippen LogP contribution in [0.5, 0.6) is 5.75 Å². The van der Waals surface area contributed by atoms with Crippen molar-refractivity contribution in [3.63, 3.8) is 0 Å². The predicted molar refractivity (Wildman–Crippen MR) is 98.1 cm³/mol. The summed E-state index contributed by atoms with van der Waals surface area (Å²) in [6.07, 6.45) is 6.00. The molecule has 1 aliphatic heterocycles. The Morgan fingerprint density at radius 3 is 2.68 bits per heavy atom. The average Bonchev–Trinajstić information content (AvgIpc) is 3.00. The summed E-state index contributed by atoms with van der Waals surface area (Å²) in [5, 5.41) is 3.51. The molecule has 1 atom stereocenters. The normalized spacial score (nSPS) is 21.5. The molecule has 1 saturated carbocycles. The lowest BCUT2D eigenvalue weighted by Gasteiger charge is -2.31. The van der Waals surface area contributed by atoms with Gasteiger partial charge >= 0.3 is 0 Å². The van der Waals surface area contributed by atoms with Crippen LogP contribution < -0.4 is 10.1 Å². The quantitative estimate of drug-likeness (QED) is 0.884. The predicted octanol–water partition coefficient (Wildman–Crippen LogP) is 3.78. The topological polar surface area (TPSA) is 58.6 Å². The smallest absolute Gasteiger partial charge is 0.229 e. The molecule has 1 N–H and O–H groups in total. The first-order valence-electron chi connectivity index (χ1n) is 8.94. The number of carbonyl (C=O) groups excluding carboxylic acids is 2. The van der Waals surface area contributed by atoms with E-state index in [9.17, 15) is 9.59 Å². The molecule has 2 fully saturated rings. The van der Waals surface area contributed by atoms with Gasteiger partial charge in [0.25, 0.3) is 0 Å². The number of anilines is 1. The highest BCUT2D eigenvalue weighted by atomic mass is 35.5. The van der Waals surface area contributed by atoms with Crippen molar-refractivity contribution in [1.29, 1.82) is 0 Å². The zero-order valence-corrected chi connectivity index (χ0v) is 15.6. The number of carbonyl (C=O) groups is 2. The number of hydrogen-bond acceptors (Lipinski definition) is 3. The molecular formula is C19H25ClN2O3. The first-order chi connectivity index (χ1) is 12.0. The van der Waals surface area contributed by atoms with Crippen molar-refractivity contribution < 1.29 is 14.3 Å². The van der Waals surface area contributed by atoms with Gasteiger partial charge in [0.15, 0.2) is 0 Å². The van der Waals surface area contributed by atoms with E-state index in [-0.39, 0.29) is 24.2 Å². The third-order valence-corrected chi connectivity index (χ3v) is 5.69. The number of likely N-dealkylation sites (tertiary alicyclic amines) is 1. The summed E-state index contributed by atoms with van der Waals surface area (Å²) in [5.74, 6) is 0.186. The van der Waals surface area contributed by atoms with Crippen LogP contribution in [0.1, 0.15) is 44.1 Å². The molecule has 1 saturated heterocycles. The molecule has 6 heteroatoms. The van der Waals surface area contributed by atoms with Crippen LogP contribution in [-0.2, 0) is 9.59 Å². The van der Waals surface area contributed by atoms with Crippen molar-refractivity contribution >= 4 is 29.1 Å². The fourth-order valence-corrected chi connectivity index (χ4v) is 3.97. The number of ether oxygens (including phenoxy) is 1. The number of nitrogens with one attached hydrogen (secondary N) is 1. The number of benzene rings is 1. The number of methoxy groups -OCH3 is 1. The largest absolute Gasteiger partial charge is 0.495 e. The molecule has 2 aliphatic rings. The second kappa shape index (κ2) is 7.65. The van der Waals surface area contributed by atoms with Crippen LogP contribution in [0.15, 0.2) is 12.1 Å². The SMILES string of the molecule is COc1cc(Cl)c(C)cc1NC(=O)C1CC(=O)N(C2CCCCC2)C1. The Balaban J connectivity index is 1.68. The van der Waals surface area contributed by atoms with Crippen molar-refractivity contribution in [2.75, 3.05) is 19.0 Å². The van der Waals surface area contributed by atoms with Crippen molar-refractivity contribution in [2.45, 2.75) is 51.5 Å². The molecule has 0 spiro atoms. The molecule has 0 bridgehead atoms. The first-order valence-corrected chi connectivity index (χ1v) is 9.32. The number of amides is 2. The van der Waals surface area contributed by atoms with Gasteiger partial charge in [0.2, 0.25) is 11.8 Å². The van der Waals surface area contributed by atoms with Gasteiger partial charge in [-0.05, 0) is 31.4 Å². The van der Waals surface area contributed by atoms with E-state index < -0.39 is 0 Å². The molecule has 0 aromatic heterocycles. The van der Waals surface area contributed by atoms with Crippen molar-refractivity contribution in [1.82, 2.24) is 4.90 Å². The summed E-state index contributed by atoms with van der Waals surface area (Å²) in [4.78, 5) is 27.0. The third-order valence-electron chi connectivity index (χ3n) is 5.28. The van der Waals surface area contributed by atoms with Crippen molar-refractivity contribution in [3.8, 4) is 5.75 Å². The summed E-state index contributed by atoms with van der Waals surface area (Å²) in [6, 6.07) is 3.81. The maximum Gasteiger partial charge on any atom is 0.229 e. The minimum atomic E-state index is -0.310. The van der Waals surface area contributed by atoms with Gasteiger partial charge in [-0.2, -0.15) is 0 Å². The average molecular weight is 365 g/mol. The van der Waals surface area contributed by atoms with Crippen LogP contribution in [0.25, 0.3) is 0 Å². The monoisotopic (exact) mass is 364 g/mol. The van der Waals surface area contributed by atoms with E-state index in [4.69, 9.17) is 16.3 Å². The van der Waals surface area contributed by atoms with Gasteiger partial charge in [-0.25, -0.2) is 0 Å². The van der Waals surface area contributed by atoms with E-state index in [1.807, 2.05) is 11.8 Å². The summed E-state index contributed by atoms with van der Waals surface area (Å²) in [6.45, 7) is 2.39. The minimum absolute atomic E-state index is 0.103. The van der Waals surface area contributed by atoms with Crippen LogP contribution >= 0.6 is 11.6 Å². The van der Waals surface area contributed by atoms with Gasteiger partial charge in [0.1, 0.15) is 5.75 Å². The molecule has 3 rings (SSSR count). The highest BCUT2D eigenvalue weighted by molar-refractivity contribution is 6.31. The first kappa shape index (κ1) is 18.1. The molecule has 1 aromatic carbocycles. The van der Waals surface area contributed by atoms with Gasteiger partial charge in [-0.1, -0.05) is 30.9 Å². The molecule has 0 radical (unpaired) electrons. The van der Waals surface area contributed by atoms with Crippen LogP contribution in [-0.4, -0.2) is 36.4 Å². The van der Waals surface area contributed by atoms with Gasteiger partial charge in [-0.3, -0.25) is 9.59 Å². The van der Waals surface area contributed by atoms with Gasteiger partial charge in [0, 0.05) is 30.1 Å². The highest BCUT2D eigenvalue weighted by Gasteiger charge is 2.38. The van der Waals surface area contributed by atoms with Crippen molar-refractivity contribution in [3.05, 3.63) is 22.7 Å². The maximum absolute atomic E-state index is 12.7. The highest BCUT2D eigenvalue weighted by Crippen LogP contribution is 2.33. The van der Waals surface area contributed by atoms with Gasteiger partial charge in [-0.15, -0.1) is 0 Å². The van der Waals surface area contributed by atoms with E-state index in [0.717, 1.165) is 18.4 Å². The van der Waals surface area contributed by atoms with E-state index in [2.05, 4.69) is 5.32 Å². The molecule has 5 nitrogen and oxygen atoms in total. The Kier molecular flexibility index (Phi) is 5.52. The van der Waals surface area contributed by atoms with Crippen LogP contribution in [0.2, 0.25) is 5.02 Å². The molecular weight excluding hydrogens is 340 g/mol. The summed E-state index contributed by atoms with van der Waals surface area (Å²) >= 11 is 6.11. The number of hydrogen-bond donors (Lipinski definition) is 1. The molecule has 1 heterocycles. The molecule has 2 amide bonds. The van der Waals surface area contributed by atoms with E-state index in [0.29, 0.717) is 29.0 Å². The summed E-state index contributed by atoms with van der Waals surface area (Å²) < 4.78 is 5.31. The molecule has 1 unspecified atom stereocenters. The van der Waals surface area contributed by atoms with Crippen LogP contribution in [0.4, 0.5) is 5.69 Å². The Morgan fingerprint density at radius 1 is 1.28 bits per heavy atom. The summed E-state index contributed by atoms with van der Waals surface area (Å²) in [7, 11) is 1.54. The van der Waals surface area contributed by atoms with Crippen LogP contribution in [0, 0.1) is 12.8 Å². The Bertz CT molecular complexity index is 671. The fraction of sp³-hybridized carbons (Fsp3) is 0.579. The van der Waals surface area contributed by atoms with Crippen molar-refractivity contribution in [2.24, 2.45) is 5.92 Å². The van der Waals surface area contributed by atoms with Gasteiger partial charge < -0.3 is 15.0 Å². The Morgan fingerprint density at radius 2 is 2.00 bits per heavy atom. The summed E-state index contributed by atoms with van der Waals surface area (Å²) in [5.41, 5.74) is 1.46. The Labute approximate surface area is 153 Å². The maximum atomic E-state index is 12.7. The Hall–Kier alpha value is -1.75. The third kappa shape index (κ3) is 3.92. The fourth-order valence-electron chi connectivity index (χ4n) is 3.82.